The van der Waals surface area contributed by atoms with Crippen molar-refractivity contribution in [2.45, 2.75) is 6.92 Å². The van der Waals surface area contributed by atoms with Gasteiger partial charge in [-0.15, -0.1) is 0 Å². The Morgan fingerprint density at radius 3 is 2.46 bits per heavy atom. The van der Waals surface area contributed by atoms with Gasteiger partial charge in [0.15, 0.2) is 5.82 Å². The molecule has 13 heavy (non-hydrogen) atoms. The minimum atomic E-state index is 0.721. The second-order valence-electron chi connectivity index (χ2n) is 2.83. The first kappa shape index (κ1) is 7.86. The Morgan fingerprint density at radius 2 is 1.85 bits per heavy atom. The maximum Gasteiger partial charge on any atom is 0.160 e. The third kappa shape index (κ3) is 1.69. The summed E-state index contributed by atoms with van der Waals surface area (Å²) in [6, 6.07) is 3.82. The average molecular weight is 171 g/mol. The summed E-state index contributed by atoms with van der Waals surface area (Å²) in [5, 5.41) is 0. The fraction of sp³-hybridized carbons (Fsp3) is 0.100. The Hall–Kier alpha value is -1.77. The van der Waals surface area contributed by atoms with E-state index in [4.69, 9.17) is 0 Å². The standard InChI is InChI=1S/C10H9N3/c1-8-5-12-10(13-6-8)9-3-2-4-11-7-9/h2-7H,1H3. The van der Waals surface area contributed by atoms with Crippen molar-refractivity contribution < 1.29 is 0 Å². The van der Waals surface area contributed by atoms with Crippen molar-refractivity contribution in [2.24, 2.45) is 0 Å². The first-order chi connectivity index (χ1) is 6.36. The molecule has 0 spiro atoms. The Kier molecular flexibility index (Phi) is 2.00. The molecule has 2 aromatic rings. The van der Waals surface area contributed by atoms with E-state index in [0.717, 1.165) is 17.0 Å². The lowest BCUT2D eigenvalue weighted by Gasteiger charge is -1.97. The van der Waals surface area contributed by atoms with Crippen LogP contribution in [-0.4, -0.2) is 15.0 Å². The van der Waals surface area contributed by atoms with Crippen LogP contribution < -0.4 is 0 Å². The van der Waals surface area contributed by atoms with Crippen LogP contribution >= 0.6 is 0 Å². The summed E-state index contributed by atoms with van der Waals surface area (Å²) in [7, 11) is 0. The first-order valence-electron chi connectivity index (χ1n) is 4.05. The highest BCUT2D eigenvalue weighted by atomic mass is 14.9. The monoisotopic (exact) mass is 171 g/mol. The minimum Gasteiger partial charge on any atom is -0.264 e. The van der Waals surface area contributed by atoms with Crippen LogP contribution in [0.5, 0.6) is 0 Å². The van der Waals surface area contributed by atoms with Crippen molar-refractivity contribution in [1.82, 2.24) is 15.0 Å². The maximum absolute atomic E-state index is 4.20. The molecule has 2 aromatic heterocycles. The van der Waals surface area contributed by atoms with Crippen LogP contribution in [0.2, 0.25) is 0 Å². The third-order valence-electron chi connectivity index (χ3n) is 1.70. The molecule has 0 aliphatic heterocycles. The molecule has 0 saturated carbocycles. The van der Waals surface area contributed by atoms with Crippen molar-refractivity contribution in [3.05, 3.63) is 42.5 Å². The molecule has 0 aliphatic carbocycles. The lowest BCUT2D eigenvalue weighted by atomic mass is 10.2. The van der Waals surface area contributed by atoms with Gasteiger partial charge in [-0.2, -0.15) is 0 Å². The molecular weight excluding hydrogens is 162 g/mol. The van der Waals surface area contributed by atoms with Gasteiger partial charge in [0, 0.05) is 30.4 Å². The SMILES string of the molecule is Cc1cnc(-c2cccnc2)nc1. The summed E-state index contributed by atoms with van der Waals surface area (Å²) in [4.78, 5) is 12.4. The smallest absolute Gasteiger partial charge is 0.160 e. The molecule has 0 radical (unpaired) electrons. The summed E-state index contributed by atoms with van der Waals surface area (Å²) in [6.07, 6.45) is 7.09. The summed E-state index contributed by atoms with van der Waals surface area (Å²) >= 11 is 0. The quantitative estimate of drug-likeness (QED) is 0.657. The minimum absolute atomic E-state index is 0.721. The molecule has 0 saturated heterocycles. The van der Waals surface area contributed by atoms with E-state index < -0.39 is 0 Å². The summed E-state index contributed by atoms with van der Waals surface area (Å²) < 4.78 is 0. The zero-order chi connectivity index (χ0) is 9.10. The van der Waals surface area contributed by atoms with Crippen LogP contribution in [0.15, 0.2) is 36.9 Å². The van der Waals surface area contributed by atoms with Gasteiger partial charge >= 0.3 is 0 Å². The predicted molar refractivity (Wildman–Crippen MR) is 50.0 cm³/mol. The molecule has 0 fully saturated rings. The summed E-state index contributed by atoms with van der Waals surface area (Å²) in [6.45, 7) is 1.97. The molecular formula is C10H9N3. The van der Waals surface area contributed by atoms with E-state index in [2.05, 4.69) is 15.0 Å². The highest BCUT2D eigenvalue weighted by Crippen LogP contribution is 2.11. The molecule has 64 valence electrons. The van der Waals surface area contributed by atoms with Crippen LogP contribution in [-0.2, 0) is 0 Å². The Labute approximate surface area is 76.5 Å². The molecule has 0 atom stereocenters. The second-order valence-corrected chi connectivity index (χ2v) is 2.83. The van der Waals surface area contributed by atoms with E-state index in [9.17, 15) is 0 Å². The van der Waals surface area contributed by atoms with Gasteiger partial charge < -0.3 is 0 Å². The van der Waals surface area contributed by atoms with E-state index in [-0.39, 0.29) is 0 Å². The summed E-state index contributed by atoms with van der Waals surface area (Å²) in [5.41, 5.74) is 2.01. The van der Waals surface area contributed by atoms with Gasteiger partial charge in [0.2, 0.25) is 0 Å². The number of aromatic nitrogens is 3. The number of hydrogen-bond acceptors (Lipinski definition) is 3. The van der Waals surface area contributed by atoms with Crippen molar-refractivity contribution in [3.63, 3.8) is 0 Å². The number of nitrogens with zero attached hydrogens (tertiary/aromatic N) is 3. The van der Waals surface area contributed by atoms with Crippen molar-refractivity contribution >= 4 is 0 Å². The topological polar surface area (TPSA) is 38.7 Å². The zero-order valence-electron chi connectivity index (χ0n) is 7.31. The average Bonchev–Trinajstić information content (AvgIpc) is 2.20. The van der Waals surface area contributed by atoms with Gasteiger partial charge in [0.25, 0.3) is 0 Å². The molecule has 2 rings (SSSR count). The van der Waals surface area contributed by atoms with Crippen LogP contribution in [0.25, 0.3) is 11.4 Å². The van der Waals surface area contributed by atoms with E-state index in [1.807, 2.05) is 19.1 Å². The lowest BCUT2D eigenvalue weighted by molar-refractivity contribution is 1.13. The Bertz CT molecular complexity index is 381. The van der Waals surface area contributed by atoms with Crippen LogP contribution in [0.4, 0.5) is 0 Å². The Balaban J connectivity index is 2.42. The number of aryl methyl sites for hydroxylation is 1. The molecule has 2 heterocycles. The number of hydrogen-bond donors (Lipinski definition) is 0. The van der Waals surface area contributed by atoms with Gasteiger partial charge in [-0.3, -0.25) is 4.98 Å². The molecule has 3 nitrogen and oxygen atoms in total. The van der Waals surface area contributed by atoms with Gasteiger partial charge in [-0.25, -0.2) is 9.97 Å². The predicted octanol–water partition coefficient (Wildman–Crippen LogP) is 1.85. The van der Waals surface area contributed by atoms with Crippen molar-refractivity contribution in [2.75, 3.05) is 0 Å². The molecule has 0 aromatic carbocycles. The largest absolute Gasteiger partial charge is 0.264 e. The zero-order valence-corrected chi connectivity index (χ0v) is 7.31. The van der Waals surface area contributed by atoms with E-state index in [0.29, 0.717) is 0 Å². The van der Waals surface area contributed by atoms with Gasteiger partial charge in [-0.05, 0) is 24.6 Å². The van der Waals surface area contributed by atoms with Crippen molar-refractivity contribution in [3.8, 4) is 11.4 Å². The Morgan fingerprint density at radius 1 is 1.08 bits per heavy atom. The van der Waals surface area contributed by atoms with Gasteiger partial charge in [0.05, 0.1) is 0 Å². The van der Waals surface area contributed by atoms with Gasteiger partial charge in [0.1, 0.15) is 0 Å². The first-order valence-corrected chi connectivity index (χ1v) is 4.05. The van der Waals surface area contributed by atoms with Crippen LogP contribution in [0.3, 0.4) is 0 Å². The van der Waals surface area contributed by atoms with E-state index >= 15 is 0 Å². The number of rotatable bonds is 1. The number of pyridine rings is 1. The highest BCUT2D eigenvalue weighted by molar-refractivity contribution is 5.52. The van der Waals surface area contributed by atoms with Crippen LogP contribution in [0, 0.1) is 6.92 Å². The van der Waals surface area contributed by atoms with Gasteiger partial charge in [-0.1, -0.05) is 0 Å². The fourth-order valence-corrected chi connectivity index (χ4v) is 1.04. The van der Waals surface area contributed by atoms with E-state index in [1.54, 1.807) is 24.8 Å². The molecule has 0 N–H and O–H groups in total. The van der Waals surface area contributed by atoms with Crippen LogP contribution in [0.1, 0.15) is 5.56 Å². The molecule has 3 heteroatoms. The maximum atomic E-state index is 4.20. The second kappa shape index (κ2) is 3.31. The summed E-state index contributed by atoms with van der Waals surface area (Å²) in [5.74, 6) is 0.721. The lowest BCUT2D eigenvalue weighted by Crippen LogP contribution is -1.88. The van der Waals surface area contributed by atoms with E-state index in [1.165, 1.54) is 0 Å². The normalized spacial score (nSPS) is 9.92. The molecule has 0 bridgehead atoms. The fourth-order valence-electron chi connectivity index (χ4n) is 1.04. The van der Waals surface area contributed by atoms with Crippen molar-refractivity contribution in [1.29, 1.82) is 0 Å². The molecule has 0 unspecified atom stereocenters. The third-order valence-corrected chi connectivity index (χ3v) is 1.70. The highest BCUT2D eigenvalue weighted by Gasteiger charge is 1.98. The molecule has 0 amide bonds. The molecule has 0 aliphatic rings.